The van der Waals surface area contributed by atoms with Gasteiger partial charge in [-0.05, 0) is 24.3 Å². The lowest BCUT2D eigenvalue weighted by molar-refractivity contribution is 1.17. The zero-order valence-corrected chi connectivity index (χ0v) is 11.2. The summed E-state index contributed by atoms with van der Waals surface area (Å²) in [5.41, 5.74) is 7.38. The molecular weight excluding hydrogens is 275 g/mol. The first-order valence-corrected chi connectivity index (χ1v) is 6.69. The molecule has 88 valence electrons. The molecule has 2 rings (SSSR count). The SMILES string of the molecule is Nc1ccccc1SCc1nc(Cl)ccc1Cl. The number of halogens is 2. The minimum Gasteiger partial charge on any atom is -0.398 e. The normalized spacial score (nSPS) is 10.5. The van der Waals surface area contributed by atoms with Crippen LogP contribution in [0.3, 0.4) is 0 Å². The van der Waals surface area contributed by atoms with Gasteiger partial charge in [-0.1, -0.05) is 35.3 Å². The van der Waals surface area contributed by atoms with Crippen LogP contribution in [0.4, 0.5) is 5.69 Å². The number of hydrogen-bond acceptors (Lipinski definition) is 3. The number of thioether (sulfide) groups is 1. The molecule has 0 unspecified atom stereocenters. The molecule has 0 aliphatic rings. The highest BCUT2D eigenvalue weighted by molar-refractivity contribution is 7.98. The second-order valence-corrected chi connectivity index (χ2v) is 5.20. The minimum atomic E-state index is 0.450. The summed E-state index contributed by atoms with van der Waals surface area (Å²) >= 11 is 13.5. The van der Waals surface area contributed by atoms with E-state index >= 15 is 0 Å². The van der Waals surface area contributed by atoms with Gasteiger partial charge in [0.05, 0.1) is 10.7 Å². The van der Waals surface area contributed by atoms with Crippen molar-refractivity contribution in [1.29, 1.82) is 0 Å². The molecule has 2 aromatic rings. The quantitative estimate of drug-likeness (QED) is 0.520. The molecule has 0 amide bonds. The van der Waals surface area contributed by atoms with Crippen molar-refractivity contribution >= 4 is 40.7 Å². The third kappa shape index (κ3) is 3.28. The van der Waals surface area contributed by atoms with Crippen LogP contribution in [0.25, 0.3) is 0 Å². The maximum atomic E-state index is 6.04. The summed E-state index contributed by atoms with van der Waals surface area (Å²) in [4.78, 5) is 5.21. The van der Waals surface area contributed by atoms with E-state index in [4.69, 9.17) is 28.9 Å². The molecule has 0 spiro atoms. The fourth-order valence-corrected chi connectivity index (χ4v) is 2.66. The van der Waals surface area contributed by atoms with Gasteiger partial charge in [0.15, 0.2) is 0 Å². The topological polar surface area (TPSA) is 38.9 Å². The van der Waals surface area contributed by atoms with Crippen molar-refractivity contribution in [3.8, 4) is 0 Å². The van der Waals surface area contributed by atoms with Crippen LogP contribution in [-0.2, 0) is 5.75 Å². The number of nitrogens with zero attached hydrogens (tertiary/aromatic N) is 1. The standard InChI is InChI=1S/C12H10Cl2N2S/c13-8-5-6-12(14)16-10(8)7-17-11-4-2-1-3-9(11)15/h1-6H,7,15H2. The van der Waals surface area contributed by atoms with E-state index in [0.29, 0.717) is 15.9 Å². The van der Waals surface area contributed by atoms with Crippen LogP contribution < -0.4 is 5.73 Å². The highest BCUT2D eigenvalue weighted by Gasteiger charge is 2.05. The van der Waals surface area contributed by atoms with E-state index in [0.717, 1.165) is 16.3 Å². The van der Waals surface area contributed by atoms with Gasteiger partial charge in [-0.3, -0.25) is 0 Å². The summed E-state index contributed by atoms with van der Waals surface area (Å²) in [6, 6.07) is 11.1. The Hall–Kier alpha value is -0.900. The van der Waals surface area contributed by atoms with E-state index in [9.17, 15) is 0 Å². The van der Waals surface area contributed by atoms with Crippen LogP contribution >= 0.6 is 35.0 Å². The van der Waals surface area contributed by atoms with Gasteiger partial charge in [0.25, 0.3) is 0 Å². The van der Waals surface area contributed by atoms with Crippen molar-refractivity contribution in [3.63, 3.8) is 0 Å². The van der Waals surface area contributed by atoms with Crippen LogP contribution in [0.15, 0.2) is 41.3 Å². The second-order valence-electron chi connectivity index (χ2n) is 3.39. The molecule has 17 heavy (non-hydrogen) atoms. The summed E-state index contributed by atoms with van der Waals surface area (Å²) in [6.45, 7) is 0. The lowest BCUT2D eigenvalue weighted by Gasteiger charge is -2.06. The van der Waals surface area contributed by atoms with Crippen LogP contribution in [-0.4, -0.2) is 4.98 Å². The summed E-state index contributed by atoms with van der Waals surface area (Å²) in [5, 5.41) is 1.07. The van der Waals surface area contributed by atoms with Crippen molar-refractivity contribution in [2.75, 3.05) is 5.73 Å². The molecule has 0 aliphatic carbocycles. The highest BCUT2D eigenvalue weighted by atomic mass is 35.5. The van der Waals surface area contributed by atoms with Crippen LogP contribution in [0, 0.1) is 0 Å². The number of para-hydroxylation sites is 1. The molecule has 2 nitrogen and oxygen atoms in total. The molecule has 1 heterocycles. The smallest absolute Gasteiger partial charge is 0.129 e. The highest BCUT2D eigenvalue weighted by Crippen LogP contribution is 2.29. The molecule has 0 atom stereocenters. The van der Waals surface area contributed by atoms with Crippen LogP contribution in [0.1, 0.15) is 5.69 Å². The minimum absolute atomic E-state index is 0.450. The Morgan fingerprint density at radius 1 is 1.12 bits per heavy atom. The number of nitrogens with two attached hydrogens (primary N) is 1. The molecule has 0 bridgehead atoms. The summed E-state index contributed by atoms with van der Waals surface area (Å²) in [5.74, 6) is 0.646. The van der Waals surface area contributed by atoms with E-state index in [1.807, 2.05) is 24.3 Å². The third-order valence-electron chi connectivity index (χ3n) is 2.17. The van der Waals surface area contributed by atoms with Gasteiger partial charge in [-0.15, -0.1) is 11.8 Å². The average molecular weight is 285 g/mol. The maximum Gasteiger partial charge on any atom is 0.129 e. The summed E-state index contributed by atoms with van der Waals surface area (Å²) in [6.07, 6.45) is 0. The molecular formula is C12H10Cl2N2S. The van der Waals surface area contributed by atoms with Gasteiger partial charge < -0.3 is 5.73 Å². The Morgan fingerprint density at radius 2 is 1.88 bits per heavy atom. The zero-order chi connectivity index (χ0) is 12.3. The maximum absolute atomic E-state index is 6.04. The zero-order valence-electron chi connectivity index (χ0n) is 8.86. The number of hydrogen-bond donors (Lipinski definition) is 1. The lowest BCUT2D eigenvalue weighted by Crippen LogP contribution is -1.91. The number of aromatic nitrogens is 1. The fourth-order valence-electron chi connectivity index (χ4n) is 1.32. The van der Waals surface area contributed by atoms with Gasteiger partial charge >= 0.3 is 0 Å². The van der Waals surface area contributed by atoms with E-state index in [2.05, 4.69) is 4.98 Å². The summed E-state index contributed by atoms with van der Waals surface area (Å²) in [7, 11) is 0. The predicted molar refractivity (Wildman–Crippen MR) is 74.7 cm³/mol. The Labute approximate surface area is 114 Å². The molecule has 1 aromatic carbocycles. The second kappa shape index (κ2) is 5.63. The van der Waals surface area contributed by atoms with Crippen molar-refractivity contribution in [3.05, 3.63) is 52.3 Å². The van der Waals surface area contributed by atoms with Gasteiger partial charge in [0.2, 0.25) is 0 Å². The van der Waals surface area contributed by atoms with Crippen molar-refractivity contribution in [1.82, 2.24) is 4.98 Å². The predicted octanol–water partition coefficient (Wildman–Crippen LogP) is 4.26. The Morgan fingerprint density at radius 3 is 2.65 bits per heavy atom. The van der Waals surface area contributed by atoms with Gasteiger partial charge in [-0.25, -0.2) is 4.98 Å². The van der Waals surface area contributed by atoms with E-state index in [1.54, 1.807) is 23.9 Å². The van der Waals surface area contributed by atoms with Crippen LogP contribution in [0.2, 0.25) is 10.2 Å². The molecule has 0 saturated carbocycles. The lowest BCUT2D eigenvalue weighted by atomic mass is 10.3. The number of benzene rings is 1. The van der Waals surface area contributed by atoms with Gasteiger partial charge in [0.1, 0.15) is 5.15 Å². The monoisotopic (exact) mass is 284 g/mol. The molecule has 0 saturated heterocycles. The van der Waals surface area contributed by atoms with E-state index in [1.165, 1.54) is 0 Å². The van der Waals surface area contributed by atoms with Crippen LogP contribution in [0.5, 0.6) is 0 Å². The molecule has 0 aliphatic heterocycles. The molecule has 2 N–H and O–H groups in total. The average Bonchev–Trinajstić information content (AvgIpc) is 2.32. The molecule has 5 heteroatoms. The number of nitrogen functional groups attached to an aromatic ring is 1. The van der Waals surface area contributed by atoms with Gasteiger partial charge in [-0.2, -0.15) is 0 Å². The molecule has 1 aromatic heterocycles. The van der Waals surface area contributed by atoms with Crippen molar-refractivity contribution in [2.24, 2.45) is 0 Å². The number of pyridine rings is 1. The van der Waals surface area contributed by atoms with Gasteiger partial charge in [0, 0.05) is 16.3 Å². The first kappa shape index (κ1) is 12.6. The molecule has 0 fully saturated rings. The Kier molecular flexibility index (Phi) is 4.15. The Bertz CT molecular complexity index is 532. The van der Waals surface area contributed by atoms with Crippen molar-refractivity contribution in [2.45, 2.75) is 10.6 Å². The van der Waals surface area contributed by atoms with E-state index in [-0.39, 0.29) is 0 Å². The molecule has 0 radical (unpaired) electrons. The first-order valence-electron chi connectivity index (χ1n) is 4.95. The largest absolute Gasteiger partial charge is 0.398 e. The first-order chi connectivity index (χ1) is 8.16. The van der Waals surface area contributed by atoms with Crippen molar-refractivity contribution < 1.29 is 0 Å². The Balaban J connectivity index is 2.12. The van der Waals surface area contributed by atoms with E-state index < -0.39 is 0 Å². The number of rotatable bonds is 3. The summed E-state index contributed by atoms with van der Waals surface area (Å²) < 4.78 is 0. The third-order valence-corrected chi connectivity index (χ3v) is 3.82. The number of anilines is 1. The fraction of sp³-hybridized carbons (Fsp3) is 0.0833.